The number of carbonyl (C=O) groups is 2. The maximum absolute atomic E-state index is 12.0. The van der Waals surface area contributed by atoms with Crippen molar-refractivity contribution >= 4 is 17.5 Å². The molecule has 1 aromatic carbocycles. The number of carbonyl (C=O) groups excluding carboxylic acids is 2. The highest BCUT2D eigenvalue weighted by molar-refractivity contribution is 5.91. The SMILES string of the molecule is NC(=O)C1(NC(=O)CNc2ccccc2)CCCCC1. The summed E-state index contributed by atoms with van der Waals surface area (Å²) >= 11 is 0. The van der Waals surface area contributed by atoms with Crippen molar-refractivity contribution in [1.29, 1.82) is 0 Å². The molecule has 0 heterocycles. The summed E-state index contributed by atoms with van der Waals surface area (Å²) in [5, 5.41) is 5.85. The van der Waals surface area contributed by atoms with Gasteiger partial charge < -0.3 is 16.4 Å². The summed E-state index contributed by atoms with van der Waals surface area (Å²) in [5.41, 5.74) is 5.50. The van der Waals surface area contributed by atoms with Crippen LogP contribution in [0.25, 0.3) is 0 Å². The molecule has 0 atom stereocenters. The minimum absolute atomic E-state index is 0.138. The first-order chi connectivity index (χ1) is 9.62. The van der Waals surface area contributed by atoms with Gasteiger partial charge in [-0.2, -0.15) is 0 Å². The number of nitrogens with one attached hydrogen (secondary N) is 2. The molecule has 1 aliphatic carbocycles. The molecule has 1 saturated carbocycles. The molecule has 1 aliphatic rings. The van der Waals surface area contributed by atoms with E-state index in [9.17, 15) is 9.59 Å². The molecular formula is C15H21N3O2. The molecule has 1 fully saturated rings. The zero-order valence-electron chi connectivity index (χ0n) is 11.5. The van der Waals surface area contributed by atoms with Gasteiger partial charge in [-0.1, -0.05) is 37.5 Å². The van der Waals surface area contributed by atoms with Gasteiger partial charge >= 0.3 is 0 Å². The van der Waals surface area contributed by atoms with Gasteiger partial charge in [0.15, 0.2) is 0 Å². The van der Waals surface area contributed by atoms with E-state index in [4.69, 9.17) is 5.73 Å². The second-order valence-corrected chi connectivity index (χ2v) is 5.27. The summed E-state index contributed by atoms with van der Waals surface area (Å²) in [4.78, 5) is 23.7. The molecule has 0 aliphatic heterocycles. The van der Waals surface area contributed by atoms with Crippen LogP contribution in [0.4, 0.5) is 5.69 Å². The van der Waals surface area contributed by atoms with Crippen molar-refractivity contribution in [3.05, 3.63) is 30.3 Å². The second kappa shape index (κ2) is 6.41. The van der Waals surface area contributed by atoms with Gasteiger partial charge in [-0.05, 0) is 25.0 Å². The molecule has 2 amide bonds. The first kappa shape index (κ1) is 14.4. The van der Waals surface area contributed by atoms with Crippen LogP contribution in [0.5, 0.6) is 0 Å². The summed E-state index contributed by atoms with van der Waals surface area (Å²) in [6, 6.07) is 9.48. The predicted octanol–water partition coefficient (Wildman–Crippen LogP) is 1.40. The lowest BCUT2D eigenvalue weighted by molar-refractivity contribution is -0.132. The van der Waals surface area contributed by atoms with E-state index in [-0.39, 0.29) is 12.5 Å². The van der Waals surface area contributed by atoms with Crippen molar-refractivity contribution in [1.82, 2.24) is 5.32 Å². The van der Waals surface area contributed by atoms with E-state index in [0.717, 1.165) is 24.9 Å². The number of nitrogens with two attached hydrogens (primary N) is 1. The van der Waals surface area contributed by atoms with E-state index in [1.165, 1.54) is 0 Å². The summed E-state index contributed by atoms with van der Waals surface area (Å²) in [6.07, 6.45) is 4.22. The van der Waals surface area contributed by atoms with Crippen molar-refractivity contribution in [2.75, 3.05) is 11.9 Å². The number of hydrogen-bond acceptors (Lipinski definition) is 3. The topological polar surface area (TPSA) is 84.2 Å². The molecule has 0 saturated heterocycles. The van der Waals surface area contributed by atoms with E-state index in [2.05, 4.69) is 10.6 Å². The van der Waals surface area contributed by atoms with Crippen molar-refractivity contribution in [2.24, 2.45) is 5.73 Å². The first-order valence-electron chi connectivity index (χ1n) is 7.02. The van der Waals surface area contributed by atoms with E-state index in [1.54, 1.807) is 0 Å². The van der Waals surface area contributed by atoms with Crippen molar-refractivity contribution in [3.63, 3.8) is 0 Å². The molecule has 5 heteroatoms. The maximum Gasteiger partial charge on any atom is 0.243 e. The zero-order valence-corrected chi connectivity index (χ0v) is 11.5. The minimum Gasteiger partial charge on any atom is -0.376 e. The van der Waals surface area contributed by atoms with Crippen molar-refractivity contribution < 1.29 is 9.59 Å². The summed E-state index contributed by atoms with van der Waals surface area (Å²) in [7, 11) is 0. The molecule has 0 unspecified atom stereocenters. The number of benzene rings is 1. The summed E-state index contributed by atoms with van der Waals surface area (Å²) in [6.45, 7) is 0.138. The Balaban J connectivity index is 1.90. The van der Waals surface area contributed by atoms with Gasteiger partial charge in [-0.25, -0.2) is 0 Å². The Labute approximate surface area is 118 Å². The highest BCUT2D eigenvalue weighted by Crippen LogP contribution is 2.27. The average Bonchev–Trinajstić information content (AvgIpc) is 2.47. The third-order valence-electron chi connectivity index (χ3n) is 3.78. The van der Waals surface area contributed by atoms with Crippen LogP contribution >= 0.6 is 0 Å². The molecule has 4 N–H and O–H groups in total. The van der Waals surface area contributed by atoms with Crippen LogP contribution in [0.2, 0.25) is 0 Å². The highest BCUT2D eigenvalue weighted by Gasteiger charge is 2.38. The third kappa shape index (κ3) is 3.50. The molecule has 5 nitrogen and oxygen atoms in total. The van der Waals surface area contributed by atoms with Crippen molar-refractivity contribution in [2.45, 2.75) is 37.6 Å². The van der Waals surface area contributed by atoms with Gasteiger partial charge in [0.2, 0.25) is 11.8 Å². The van der Waals surface area contributed by atoms with Gasteiger partial charge in [0.25, 0.3) is 0 Å². The molecule has 0 radical (unpaired) electrons. The molecule has 1 aromatic rings. The number of primary amides is 1. The zero-order chi connectivity index (χ0) is 14.4. The highest BCUT2D eigenvalue weighted by atomic mass is 16.2. The smallest absolute Gasteiger partial charge is 0.243 e. The number of anilines is 1. The lowest BCUT2D eigenvalue weighted by Gasteiger charge is -2.35. The predicted molar refractivity (Wildman–Crippen MR) is 78.1 cm³/mol. The van der Waals surface area contributed by atoms with Crippen LogP contribution in [-0.2, 0) is 9.59 Å². The van der Waals surface area contributed by atoms with E-state index in [0.29, 0.717) is 12.8 Å². The maximum atomic E-state index is 12.0. The van der Waals surface area contributed by atoms with Crippen LogP contribution in [0.15, 0.2) is 30.3 Å². The minimum atomic E-state index is -0.853. The number of para-hydroxylation sites is 1. The fourth-order valence-electron chi connectivity index (χ4n) is 2.64. The normalized spacial score (nSPS) is 17.2. The van der Waals surface area contributed by atoms with Crippen molar-refractivity contribution in [3.8, 4) is 0 Å². The van der Waals surface area contributed by atoms with E-state index < -0.39 is 11.4 Å². The van der Waals surface area contributed by atoms with Gasteiger partial charge in [0.05, 0.1) is 6.54 Å². The fourth-order valence-corrected chi connectivity index (χ4v) is 2.64. The van der Waals surface area contributed by atoms with Gasteiger partial charge in [-0.3, -0.25) is 9.59 Å². The standard InChI is InChI=1S/C15H21N3O2/c16-14(20)15(9-5-2-6-10-15)18-13(19)11-17-12-7-3-1-4-8-12/h1,3-4,7-8,17H,2,5-6,9-11H2,(H2,16,20)(H,18,19). The van der Waals surface area contributed by atoms with Gasteiger partial charge in [0, 0.05) is 5.69 Å². The molecular weight excluding hydrogens is 254 g/mol. The Hall–Kier alpha value is -2.04. The van der Waals surface area contributed by atoms with Crippen LogP contribution in [0, 0.1) is 0 Å². The summed E-state index contributed by atoms with van der Waals surface area (Å²) in [5.74, 6) is -0.625. The van der Waals surface area contributed by atoms with Gasteiger partial charge in [-0.15, -0.1) is 0 Å². The molecule has 0 aromatic heterocycles. The molecule has 20 heavy (non-hydrogen) atoms. The fraction of sp³-hybridized carbons (Fsp3) is 0.467. The largest absolute Gasteiger partial charge is 0.376 e. The Morgan fingerprint density at radius 1 is 1.10 bits per heavy atom. The molecule has 0 bridgehead atoms. The first-order valence-corrected chi connectivity index (χ1v) is 7.02. The molecule has 2 rings (SSSR count). The lowest BCUT2D eigenvalue weighted by Crippen LogP contribution is -2.59. The Morgan fingerprint density at radius 3 is 2.35 bits per heavy atom. The average molecular weight is 275 g/mol. The number of amides is 2. The third-order valence-corrected chi connectivity index (χ3v) is 3.78. The van der Waals surface area contributed by atoms with Gasteiger partial charge in [0.1, 0.15) is 5.54 Å². The van der Waals surface area contributed by atoms with Crippen LogP contribution < -0.4 is 16.4 Å². The second-order valence-electron chi connectivity index (χ2n) is 5.27. The van der Waals surface area contributed by atoms with E-state index in [1.807, 2.05) is 30.3 Å². The molecule has 108 valence electrons. The monoisotopic (exact) mass is 275 g/mol. The molecule has 0 spiro atoms. The Kier molecular flexibility index (Phi) is 4.61. The van der Waals surface area contributed by atoms with E-state index >= 15 is 0 Å². The quantitative estimate of drug-likeness (QED) is 0.759. The van der Waals surface area contributed by atoms with Crippen LogP contribution in [0.3, 0.4) is 0 Å². The van der Waals surface area contributed by atoms with Crippen LogP contribution in [-0.4, -0.2) is 23.9 Å². The number of hydrogen-bond donors (Lipinski definition) is 3. The lowest BCUT2D eigenvalue weighted by atomic mass is 9.81. The number of rotatable bonds is 5. The Bertz CT molecular complexity index is 467. The van der Waals surface area contributed by atoms with Crippen LogP contribution in [0.1, 0.15) is 32.1 Å². The Morgan fingerprint density at radius 2 is 1.75 bits per heavy atom. The summed E-state index contributed by atoms with van der Waals surface area (Å²) < 4.78 is 0.